The summed E-state index contributed by atoms with van der Waals surface area (Å²) in [5.41, 5.74) is 2.71. The number of ketones is 1. The van der Waals surface area contributed by atoms with Gasteiger partial charge in [0, 0.05) is 16.2 Å². The van der Waals surface area contributed by atoms with Crippen molar-refractivity contribution >= 4 is 44.1 Å². The molecule has 0 N–H and O–H groups in total. The van der Waals surface area contributed by atoms with Gasteiger partial charge in [-0.15, -0.1) is 11.3 Å². The van der Waals surface area contributed by atoms with Crippen molar-refractivity contribution in [3.05, 3.63) is 52.9 Å². The Balaban J connectivity index is 2.17. The molecule has 1 aromatic heterocycles. The summed E-state index contributed by atoms with van der Waals surface area (Å²) in [6, 6.07) is 11.0. The third kappa shape index (κ3) is 1.57. The molecule has 0 fully saturated rings. The van der Waals surface area contributed by atoms with Crippen LogP contribution in [-0.4, -0.2) is 12.9 Å². The number of fused-ring (bicyclic) bond motifs is 5. The molecule has 0 radical (unpaired) electrons. The van der Waals surface area contributed by atoms with Crippen molar-refractivity contribution in [2.45, 2.75) is 6.42 Å². The topological polar surface area (TPSA) is 11.3 Å². The molecule has 0 bridgehead atoms. The van der Waals surface area contributed by atoms with Gasteiger partial charge in [-0.3, -0.25) is 4.42 Å². The van der Waals surface area contributed by atoms with Crippen molar-refractivity contribution < 1.29 is 4.42 Å². The number of hydrogen-bond donors (Lipinski definition) is 0. The molecule has 1 aliphatic carbocycles. The average Bonchev–Trinajstić information content (AvgIpc) is 2.94. The van der Waals surface area contributed by atoms with Gasteiger partial charge in [0.1, 0.15) is 0 Å². The predicted molar refractivity (Wildman–Crippen MR) is 83.0 cm³/mol. The monoisotopic (exact) mass is 265 g/mol. The van der Waals surface area contributed by atoms with Crippen LogP contribution >= 0.6 is 11.3 Å². The van der Waals surface area contributed by atoms with Gasteiger partial charge < -0.3 is 0 Å². The summed E-state index contributed by atoms with van der Waals surface area (Å²) < 4.78 is 6.81. The summed E-state index contributed by atoms with van der Waals surface area (Å²) in [6.07, 6.45) is 5.11. The molecule has 2 heteroatoms. The summed E-state index contributed by atoms with van der Waals surface area (Å²) in [6.45, 7) is 0. The Hall–Kier alpha value is -1.93. The highest BCUT2D eigenvalue weighted by Crippen LogP contribution is 2.35. The minimum Gasteiger partial charge on any atom is -0.262 e. The van der Waals surface area contributed by atoms with E-state index in [2.05, 4.69) is 47.9 Å². The van der Waals surface area contributed by atoms with Gasteiger partial charge in [-0.25, -0.2) is 0 Å². The lowest BCUT2D eigenvalue weighted by molar-refractivity contribution is -0.420. The Bertz CT molecular complexity index is 852. The second kappa shape index (κ2) is 4.04. The van der Waals surface area contributed by atoms with Crippen LogP contribution in [0.15, 0.2) is 41.8 Å². The number of thiophene rings is 1. The largest absolute Gasteiger partial charge is 0.323 e. The van der Waals surface area contributed by atoms with E-state index in [-0.39, 0.29) is 0 Å². The molecule has 2 aromatic carbocycles. The summed E-state index contributed by atoms with van der Waals surface area (Å²) in [5, 5.41) is 6.21. The van der Waals surface area contributed by atoms with E-state index in [1.807, 2.05) is 11.3 Å². The van der Waals surface area contributed by atoms with E-state index in [0.717, 1.165) is 12.2 Å². The van der Waals surface area contributed by atoms with Gasteiger partial charge in [-0.05, 0) is 39.4 Å². The zero-order valence-electron chi connectivity index (χ0n) is 10.6. The van der Waals surface area contributed by atoms with Gasteiger partial charge >= 0.3 is 5.78 Å². The Morgan fingerprint density at radius 1 is 1.00 bits per heavy atom. The first-order valence-electron chi connectivity index (χ1n) is 6.36. The molecule has 0 aliphatic heterocycles. The van der Waals surface area contributed by atoms with Crippen LogP contribution in [0.3, 0.4) is 0 Å². The molecular weight excluding hydrogens is 252 g/mol. The van der Waals surface area contributed by atoms with E-state index in [4.69, 9.17) is 4.42 Å². The second-order valence-corrected chi connectivity index (χ2v) is 5.73. The van der Waals surface area contributed by atoms with Gasteiger partial charge in [0.05, 0.1) is 6.42 Å². The molecule has 1 nitrogen and oxygen atoms in total. The van der Waals surface area contributed by atoms with Crippen LogP contribution in [0.1, 0.15) is 11.1 Å². The fourth-order valence-electron chi connectivity index (χ4n) is 2.82. The molecule has 92 valence electrons. The fraction of sp³-hybridized carbons (Fsp3) is 0.118. The highest BCUT2D eigenvalue weighted by atomic mass is 32.1. The molecule has 4 rings (SSSR count). The number of allylic oxidation sites excluding steroid dienone is 1. The minimum atomic E-state index is 0.886. The van der Waals surface area contributed by atoms with Gasteiger partial charge in [0.2, 0.25) is 0 Å². The Morgan fingerprint density at radius 3 is 2.74 bits per heavy atom. The average molecular weight is 265 g/mol. The molecular formula is C17H13OS+. The van der Waals surface area contributed by atoms with Crippen molar-refractivity contribution in [2.75, 3.05) is 7.11 Å². The number of rotatable bonds is 0. The lowest BCUT2D eigenvalue weighted by atomic mass is 9.91. The van der Waals surface area contributed by atoms with Gasteiger partial charge in [-0.1, -0.05) is 24.3 Å². The summed E-state index contributed by atoms with van der Waals surface area (Å²) in [4.78, 5) is 0. The SMILES string of the molecule is C[O+]=C1C=Cc2ccc3ccc4ccsc4c3c2C1. The summed E-state index contributed by atoms with van der Waals surface area (Å²) >= 11 is 1.82. The maximum atomic E-state index is 5.42. The summed E-state index contributed by atoms with van der Waals surface area (Å²) in [5.74, 6) is 1.04. The van der Waals surface area contributed by atoms with Crippen molar-refractivity contribution in [2.24, 2.45) is 0 Å². The van der Waals surface area contributed by atoms with Crippen LogP contribution < -0.4 is 0 Å². The maximum absolute atomic E-state index is 5.42. The van der Waals surface area contributed by atoms with Crippen LogP contribution in [0, 0.1) is 0 Å². The summed E-state index contributed by atoms with van der Waals surface area (Å²) in [7, 11) is 1.75. The second-order valence-electron chi connectivity index (χ2n) is 4.82. The lowest BCUT2D eigenvalue weighted by Crippen LogP contribution is -2.08. The lowest BCUT2D eigenvalue weighted by Gasteiger charge is -2.12. The molecule has 0 spiro atoms. The highest BCUT2D eigenvalue weighted by Gasteiger charge is 2.19. The van der Waals surface area contributed by atoms with Crippen LogP contribution in [0.2, 0.25) is 0 Å². The smallest absolute Gasteiger partial charge is 0.262 e. The Labute approximate surface area is 115 Å². The highest BCUT2D eigenvalue weighted by molar-refractivity contribution is 7.18. The van der Waals surface area contributed by atoms with E-state index in [0.29, 0.717) is 0 Å². The predicted octanol–water partition coefficient (Wildman–Crippen LogP) is 4.36. The van der Waals surface area contributed by atoms with Crippen molar-refractivity contribution in [1.82, 2.24) is 0 Å². The van der Waals surface area contributed by atoms with Crippen LogP contribution in [0.5, 0.6) is 0 Å². The van der Waals surface area contributed by atoms with E-state index < -0.39 is 0 Å². The van der Waals surface area contributed by atoms with Crippen molar-refractivity contribution in [1.29, 1.82) is 0 Å². The first-order valence-corrected chi connectivity index (χ1v) is 7.24. The zero-order valence-corrected chi connectivity index (χ0v) is 11.5. The van der Waals surface area contributed by atoms with E-state index in [1.165, 1.54) is 32.0 Å². The van der Waals surface area contributed by atoms with Gasteiger partial charge in [0.15, 0.2) is 0 Å². The number of hydrogen-bond acceptors (Lipinski definition) is 1. The third-order valence-corrected chi connectivity index (χ3v) is 4.76. The number of carbonyl (C=O) groups excluding carboxylic acids is 1. The first-order chi connectivity index (χ1) is 9.36. The zero-order chi connectivity index (χ0) is 12.8. The van der Waals surface area contributed by atoms with E-state index >= 15 is 0 Å². The van der Waals surface area contributed by atoms with Crippen LogP contribution in [0.4, 0.5) is 0 Å². The molecule has 0 amide bonds. The van der Waals surface area contributed by atoms with Gasteiger partial charge in [-0.2, -0.15) is 0 Å². The molecule has 0 saturated carbocycles. The molecule has 0 atom stereocenters. The maximum Gasteiger partial charge on any atom is 0.323 e. The fourth-order valence-corrected chi connectivity index (χ4v) is 3.81. The molecule has 1 aliphatic rings. The molecule has 0 saturated heterocycles. The molecule has 3 aromatic rings. The quantitative estimate of drug-likeness (QED) is 0.535. The molecule has 1 heterocycles. The van der Waals surface area contributed by atoms with Crippen molar-refractivity contribution in [3.63, 3.8) is 0 Å². The first kappa shape index (κ1) is 10.9. The number of benzene rings is 2. The van der Waals surface area contributed by atoms with Crippen molar-refractivity contribution in [3.8, 4) is 0 Å². The normalized spacial score (nSPS) is 16.4. The van der Waals surface area contributed by atoms with Gasteiger partial charge in [0.25, 0.3) is 7.11 Å². The van der Waals surface area contributed by atoms with Crippen LogP contribution in [0.25, 0.3) is 26.9 Å². The Kier molecular flexibility index (Phi) is 2.32. The molecule has 0 unspecified atom stereocenters. The Morgan fingerprint density at radius 2 is 1.84 bits per heavy atom. The van der Waals surface area contributed by atoms with E-state index in [9.17, 15) is 0 Å². The van der Waals surface area contributed by atoms with Crippen LogP contribution in [-0.2, 0) is 10.8 Å². The standard InChI is InChI=1S/C17H13OS/c1-18-14-7-6-11-2-3-12-4-5-13-8-9-19-17(13)16(12)15(11)10-14/h2-9H,10H2,1H3/q+1. The van der Waals surface area contributed by atoms with E-state index in [1.54, 1.807) is 7.11 Å². The molecule has 19 heavy (non-hydrogen) atoms. The third-order valence-electron chi connectivity index (χ3n) is 3.81. The minimum absolute atomic E-state index is 0.886.